The lowest BCUT2D eigenvalue weighted by atomic mass is 9.81. The fraction of sp³-hybridized carbons (Fsp3) is 0.0690. The maximum absolute atomic E-state index is 2.44. The van der Waals surface area contributed by atoms with Gasteiger partial charge < -0.3 is 14.7 Å². The number of nitrogens with zero attached hydrogens (tertiary/aromatic N) is 3. The zero-order chi connectivity index (χ0) is 41.3. The van der Waals surface area contributed by atoms with Crippen LogP contribution in [0.4, 0.5) is 51.2 Å². The van der Waals surface area contributed by atoms with Crippen molar-refractivity contribution in [1.29, 1.82) is 0 Å². The van der Waals surface area contributed by atoms with Crippen LogP contribution >= 0.6 is 0 Å². The largest absolute Gasteiger partial charge is 0.310 e. The van der Waals surface area contributed by atoms with E-state index in [0.29, 0.717) is 0 Å². The number of aryl methyl sites for hydroxylation is 1. The van der Waals surface area contributed by atoms with Gasteiger partial charge in [-0.1, -0.05) is 153 Å². The van der Waals surface area contributed by atoms with E-state index in [1.807, 2.05) is 0 Å². The van der Waals surface area contributed by atoms with Crippen LogP contribution in [0.1, 0.15) is 30.5 Å². The zero-order valence-corrected chi connectivity index (χ0v) is 34.8. The number of para-hydroxylation sites is 6. The van der Waals surface area contributed by atoms with Crippen LogP contribution in [-0.2, 0) is 5.41 Å². The molecule has 0 heterocycles. The Morgan fingerprint density at radius 1 is 0.311 bits per heavy atom. The molecule has 0 saturated carbocycles. The predicted molar refractivity (Wildman–Crippen MR) is 258 cm³/mol. The molecule has 0 saturated heterocycles. The number of anilines is 9. The number of benzene rings is 9. The summed E-state index contributed by atoms with van der Waals surface area (Å²) in [7, 11) is 0. The summed E-state index contributed by atoms with van der Waals surface area (Å²) in [5.74, 6) is 0. The average Bonchev–Trinajstić information content (AvgIpc) is 3.54. The van der Waals surface area contributed by atoms with Gasteiger partial charge in [0.15, 0.2) is 0 Å². The summed E-state index contributed by atoms with van der Waals surface area (Å²) in [5, 5.41) is 0. The first-order valence-electron chi connectivity index (χ1n) is 21.1. The van der Waals surface area contributed by atoms with Crippen molar-refractivity contribution in [1.82, 2.24) is 0 Å². The van der Waals surface area contributed by atoms with Crippen molar-refractivity contribution in [3.05, 3.63) is 247 Å². The molecule has 0 N–H and O–H groups in total. The van der Waals surface area contributed by atoms with E-state index in [1.165, 1.54) is 33.4 Å². The molecule has 3 heteroatoms. The van der Waals surface area contributed by atoms with Crippen molar-refractivity contribution in [2.24, 2.45) is 0 Å². The fourth-order valence-electron chi connectivity index (χ4n) is 9.22. The van der Waals surface area contributed by atoms with Crippen LogP contribution < -0.4 is 14.7 Å². The van der Waals surface area contributed by atoms with Gasteiger partial charge in [0.2, 0.25) is 0 Å². The lowest BCUT2D eigenvalue weighted by Gasteiger charge is -2.33. The van der Waals surface area contributed by atoms with Crippen LogP contribution in [0, 0.1) is 6.92 Å². The molecule has 0 aromatic heterocycles. The highest BCUT2D eigenvalue weighted by molar-refractivity contribution is 5.94. The summed E-state index contributed by atoms with van der Waals surface area (Å²) in [4.78, 5) is 7.15. The molecule has 3 nitrogen and oxygen atoms in total. The lowest BCUT2D eigenvalue weighted by Crippen LogP contribution is -2.17. The lowest BCUT2D eigenvalue weighted by molar-refractivity contribution is 0.660. The van der Waals surface area contributed by atoms with E-state index in [1.54, 1.807) is 0 Å². The molecular weight excluding hydrogens is 739 g/mol. The van der Waals surface area contributed by atoms with Gasteiger partial charge in [-0.25, -0.2) is 0 Å². The minimum atomic E-state index is -0.124. The van der Waals surface area contributed by atoms with Gasteiger partial charge >= 0.3 is 0 Å². The van der Waals surface area contributed by atoms with Gasteiger partial charge in [-0.05, 0) is 131 Å². The Hall–Kier alpha value is -7.62. The highest BCUT2D eigenvalue weighted by Gasteiger charge is 2.36. The number of rotatable bonds is 10. The van der Waals surface area contributed by atoms with E-state index in [4.69, 9.17) is 0 Å². The monoisotopic (exact) mass is 785 g/mol. The molecule has 0 spiro atoms. The molecule has 1 aliphatic carbocycles. The van der Waals surface area contributed by atoms with E-state index in [2.05, 4.69) is 266 Å². The fourth-order valence-corrected chi connectivity index (χ4v) is 9.22. The molecule has 0 fully saturated rings. The Kier molecular flexibility index (Phi) is 9.78. The smallest absolute Gasteiger partial charge is 0.0540 e. The summed E-state index contributed by atoms with van der Waals surface area (Å²) >= 11 is 0. The van der Waals surface area contributed by atoms with Crippen LogP contribution in [0.2, 0.25) is 0 Å². The molecule has 0 unspecified atom stereocenters. The maximum Gasteiger partial charge on any atom is 0.0540 e. The van der Waals surface area contributed by atoms with Crippen LogP contribution in [0.3, 0.4) is 0 Å². The summed E-state index contributed by atoms with van der Waals surface area (Å²) in [6.07, 6.45) is 0. The highest BCUT2D eigenvalue weighted by atomic mass is 15.2. The van der Waals surface area contributed by atoms with Gasteiger partial charge in [0, 0.05) is 39.4 Å². The molecule has 61 heavy (non-hydrogen) atoms. The van der Waals surface area contributed by atoms with E-state index in [-0.39, 0.29) is 5.41 Å². The molecule has 0 bridgehead atoms. The Labute approximate surface area is 360 Å². The van der Waals surface area contributed by atoms with Gasteiger partial charge in [0.1, 0.15) is 0 Å². The Bertz CT molecular complexity index is 2760. The third kappa shape index (κ3) is 6.94. The standard InChI is InChI=1S/C58H47N3/c1-42-22-21-34-54-57(42)53-37-36-43(38-55(53)58(54,2)3)52-33-19-20-35-56(52)61(48-31-17-8-18-32-48)51-40-49(59(44-23-9-4-10-24-44)45-25-11-5-12-26-45)39-50(41-51)60(46-27-13-6-14-28-46)47-29-15-7-16-30-47/h4-41H,1-3H3. The number of fused-ring (bicyclic) bond motifs is 3. The molecular formula is C58H47N3. The van der Waals surface area contributed by atoms with Gasteiger partial charge in [-0.15, -0.1) is 0 Å². The predicted octanol–water partition coefficient (Wildman–Crippen LogP) is 16.4. The SMILES string of the molecule is Cc1cccc2c1-c1ccc(-c3ccccc3N(c3ccccc3)c3cc(N(c4ccccc4)c4ccccc4)cc(N(c4ccccc4)c4ccccc4)c3)cc1C2(C)C. The van der Waals surface area contributed by atoms with Crippen molar-refractivity contribution < 1.29 is 0 Å². The summed E-state index contributed by atoms with van der Waals surface area (Å²) in [6, 6.07) is 83.2. The second-order valence-corrected chi connectivity index (χ2v) is 16.3. The van der Waals surface area contributed by atoms with Gasteiger partial charge in [0.05, 0.1) is 22.7 Å². The number of hydrogen-bond donors (Lipinski definition) is 0. The van der Waals surface area contributed by atoms with E-state index >= 15 is 0 Å². The highest BCUT2D eigenvalue weighted by Crippen LogP contribution is 2.52. The topological polar surface area (TPSA) is 9.72 Å². The maximum atomic E-state index is 2.44. The number of hydrogen-bond acceptors (Lipinski definition) is 3. The van der Waals surface area contributed by atoms with Gasteiger partial charge in [-0.3, -0.25) is 0 Å². The molecule has 0 radical (unpaired) electrons. The second-order valence-electron chi connectivity index (χ2n) is 16.3. The van der Waals surface area contributed by atoms with Crippen LogP contribution in [0.5, 0.6) is 0 Å². The third-order valence-electron chi connectivity index (χ3n) is 12.1. The molecule has 10 rings (SSSR count). The Morgan fingerprint density at radius 3 is 1.20 bits per heavy atom. The third-order valence-corrected chi connectivity index (χ3v) is 12.1. The summed E-state index contributed by atoms with van der Waals surface area (Å²) < 4.78 is 0. The van der Waals surface area contributed by atoms with Crippen molar-refractivity contribution in [2.75, 3.05) is 14.7 Å². The second kappa shape index (κ2) is 15.9. The van der Waals surface area contributed by atoms with E-state index in [9.17, 15) is 0 Å². The first-order valence-corrected chi connectivity index (χ1v) is 21.1. The zero-order valence-electron chi connectivity index (χ0n) is 34.8. The van der Waals surface area contributed by atoms with Crippen molar-refractivity contribution in [3.63, 3.8) is 0 Å². The van der Waals surface area contributed by atoms with Gasteiger partial charge in [0.25, 0.3) is 0 Å². The first kappa shape index (κ1) is 37.6. The molecule has 9 aromatic rings. The molecule has 0 aliphatic heterocycles. The normalized spacial score (nSPS) is 12.3. The molecule has 9 aromatic carbocycles. The van der Waals surface area contributed by atoms with Crippen molar-refractivity contribution in [3.8, 4) is 22.3 Å². The average molecular weight is 786 g/mol. The van der Waals surface area contributed by atoms with Crippen LogP contribution in [0.15, 0.2) is 231 Å². The van der Waals surface area contributed by atoms with E-state index < -0.39 is 0 Å². The van der Waals surface area contributed by atoms with Crippen molar-refractivity contribution >= 4 is 51.2 Å². The molecule has 294 valence electrons. The minimum absolute atomic E-state index is 0.124. The van der Waals surface area contributed by atoms with Gasteiger partial charge in [-0.2, -0.15) is 0 Å². The van der Waals surface area contributed by atoms with E-state index in [0.717, 1.165) is 56.7 Å². The first-order chi connectivity index (χ1) is 30.0. The van der Waals surface area contributed by atoms with Crippen LogP contribution in [0.25, 0.3) is 22.3 Å². The minimum Gasteiger partial charge on any atom is -0.310 e. The summed E-state index contributed by atoms with van der Waals surface area (Å²) in [6.45, 7) is 6.97. The van der Waals surface area contributed by atoms with Crippen molar-refractivity contribution in [2.45, 2.75) is 26.2 Å². The quantitative estimate of drug-likeness (QED) is 0.137. The molecule has 0 amide bonds. The Morgan fingerprint density at radius 2 is 0.721 bits per heavy atom. The summed E-state index contributed by atoms with van der Waals surface area (Å²) in [5.41, 5.74) is 18.6. The molecule has 1 aliphatic rings. The Balaban J connectivity index is 1.23. The van der Waals surface area contributed by atoms with Crippen LogP contribution in [-0.4, -0.2) is 0 Å². The molecule has 0 atom stereocenters.